The fourth-order valence-corrected chi connectivity index (χ4v) is 3.81. The van der Waals surface area contributed by atoms with Gasteiger partial charge in [0.15, 0.2) is 0 Å². The van der Waals surface area contributed by atoms with E-state index < -0.39 is 0 Å². The molecule has 0 heterocycles. The maximum Gasteiger partial charge on any atom is 0.0289 e. The zero-order valence-electron chi connectivity index (χ0n) is 18.1. The molecule has 0 amide bonds. The number of rotatable bonds is 8. The summed E-state index contributed by atoms with van der Waals surface area (Å²) >= 11 is 23.5. The van der Waals surface area contributed by atoms with Crippen molar-refractivity contribution in [3.8, 4) is 0 Å². The van der Waals surface area contributed by atoms with Crippen LogP contribution in [0.5, 0.6) is 0 Å². The Morgan fingerprint density at radius 3 is 0.767 bits per heavy atom. The minimum atomic E-state index is 0. The largest absolute Gasteiger partial charge is 0.147 e. The van der Waals surface area contributed by atoms with Crippen LogP contribution in [0.2, 0.25) is 0 Å². The van der Waals surface area contributed by atoms with Crippen LogP contribution >= 0.6 is 71.2 Å². The summed E-state index contributed by atoms with van der Waals surface area (Å²) in [6.45, 7) is 8.58. The summed E-state index contributed by atoms with van der Waals surface area (Å²) in [5.41, 5.74) is 5.32. The number of hydrogen-bond acceptors (Lipinski definition) is 0. The van der Waals surface area contributed by atoms with Crippen molar-refractivity contribution in [2.45, 2.75) is 51.4 Å². The van der Waals surface area contributed by atoms with Gasteiger partial charge < -0.3 is 0 Å². The quantitative estimate of drug-likeness (QED) is 0.296. The molecule has 172 valence electrons. The molecule has 6 heteroatoms. The molecule has 0 fully saturated rings. The van der Waals surface area contributed by atoms with Crippen molar-refractivity contribution in [1.29, 1.82) is 0 Å². The van der Waals surface area contributed by atoms with Crippen LogP contribution < -0.4 is 0 Å². The van der Waals surface area contributed by atoms with Crippen LogP contribution in [-0.4, -0.2) is 23.5 Å². The molecule has 0 radical (unpaired) electrons. The first-order valence-electron chi connectivity index (χ1n) is 9.82. The van der Waals surface area contributed by atoms with E-state index in [9.17, 15) is 0 Å². The van der Waals surface area contributed by atoms with E-state index in [1.165, 1.54) is 22.3 Å². The lowest BCUT2D eigenvalue weighted by molar-refractivity contribution is 0.798. The highest BCUT2D eigenvalue weighted by atomic mass is 35.5. The fraction of sp³-hybridized carbons (Fsp3) is 0.500. The zero-order chi connectivity index (χ0) is 21.1. The summed E-state index contributed by atoms with van der Waals surface area (Å²) in [7, 11) is 0. The maximum atomic E-state index is 5.87. The predicted octanol–water partition coefficient (Wildman–Crippen LogP) is 9.59. The lowest BCUT2D eigenvalue weighted by Gasteiger charge is -2.17. The second kappa shape index (κ2) is 17.7. The molecule has 0 N–H and O–H groups in total. The predicted molar refractivity (Wildman–Crippen MR) is 144 cm³/mol. The Labute approximate surface area is 215 Å². The Bertz CT molecular complexity index is 573. The van der Waals surface area contributed by atoms with E-state index in [-0.39, 0.29) is 24.8 Å². The summed E-state index contributed by atoms with van der Waals surface area (Å²) in [4.78, 5) is 0. The van der Waals surface area contributed by atoms with Gasteiger partial charge in [0.25, 0.3) is 0 Å². The molecular weight excluding hydrogens is 501 g/mol. The standard InChI is InChI=1S/2C12H16Cl2.2ClH/c2*1-9(7-13)11-5-3-4-6-12(11)10(2)8-14;;/h2*3-6,9-10H,7-8H2,1-2H3;2*1H. The molecular formula is C24H34Cl6. The van der Waals surface area contributed by atoms with Crippen molar-refractivity contribution >= 4 is 71.2 Å². The van der Waals surface area contributed by atoms with Gasteiger partial charge in [-0.25, -0.2) is 0 Å². The maximum absolute atomic E-state index is 5.87. The Kier molecular flexibility index (Phi) is 19.1. The van der Waals surface area contributed by atoms with E-state index in [2.05, 4.69) is 76.2 Å². The molecule has 2 aromatic rings. The summed E-state index contributed by atoms with van der Waals surface area (Å²) < 4.78 is 0. The Balaban J connectivity index is 0. The normalized spacial score (nSPS) is 14.1. The first-order valence-corrected chi connectivity index (χ1v) is 12.0. The average Bonchev–Trinajstić information content (AvgIpc) is 2.77. The van der Waals surface area contributed by atoms with Gasteiger partial charge in [-0.3, -0.25) is 0 Å². The molecule has 0 aliphatic rings. The minimum absolute atomic E-state index is 0. The summed E-state index contributed by atoms with van der Waals surface area (Å²) in [6.07, 6.45) is 0. The van der Waals surface area contributed by atoms with Gasteiger partial charge in [0.05, 0.1) is 0 Å². The van der Waals surface area contributed by atoms with Gasteiger partial charge in [-0.15, -0.1) is 71.2 Å². The lowest BCUT2D eigenvalue weighted by atomic mass is 9.91. The van der Waals surface area contributed by atoms with Gasteiger partial charge in [-0.05, 0) is 45.9 Å². The highest BCUT2D eigenvalue weighted by molar-refractivity contribution is 6.19. The lowest BCUT2D eigenvalue weighted by Crippen LogP contribution is -2.04. The van der Waals surface area contributed by atoms with E-state index in [1.54, 1.807) is 0 Å². The SMILES string of the molecule is CC(CCl)c1ccccc1C(C)CCl.CC(CCl)c1ccccc1C(C)CCl.Cl.Cl. The monoisotopic (exact) mass is 532 g/mol. The van der Waals surface area contributed by atoms with Gasteiger partial charge >= 0.3 is 0 Å². The molecule has 0 aliphatic heterocycles. The third-order valence-corrected chi connectivity index (χ3v) is 6.89. The molecule has 0 aromatic heterocycles. The summed E-state index contributed by atoms with van der Waals surface area (Å²) in [5, 5.41) is 0. The van der Waals surface area contributed by atoms with Gasteiger partial charge in [-0.1, -0.05) is 76.2 Å². The van der Waals surface area contributed by atoms with Crippen LogP contribution in [0.25, 0.3) is 0 Å². The van der Waals surface area contributed by atoms with E-state index >= 15 is 0 Å². The molecule has 2 aromatic carbocycles. The second-order valence-corrected chi connectivity index (χ2v) is 8.71. The molecule has 4 unspecified atom stereocenters. The number of halogens is 6. The van der Waals surface area contributed by atoms with Crippen LogP contribution in [0.3, 0.4) is 0 Å². The van der Waals surface area contributed by atoms with Crippen molar-refractivity contribution < 1.29 is 0 Å². The smallest absolute Gasteiger partial charge is 0.0289 e. The fourth-order valence-electron chi connectivity index (χ4n) is 3.15. The molecule has 30 heavy (non-hydrogen) atoms. The van der Waals surface area contributed by atoms with Crippen LogP contribution in [0, 0.1) is 0 Å². The third kappa shape index (κ3) is 9.76. The van der Waals surface area contributed by atoms with E-state index in [0.717, 1.165) is 0 Å². The molecule has 2 rings (SSSR count). The van der Waals surface area contributed by atoms with Gasteiger partial charge in [0, 0.05) is 23.5 Å². The van der Waals surface area contributed by atoms with Crippen LogP contribution in [0.15, 0.2) is 48.5 Å². The first-order chi connectivity index (χ1) is 13.4. The van der Waals surface area contributed by atoms with Crippen LogP contribution in [0.4, 0.5) is 0 Å². The molecule has 0 nitrogen and oxygen atoms in total. The first kappa shape index (κ1) is 32.4. The average molecular weight is 535 g/mol. The van der Waals surface area contributed by atoms with Crippen molar-refractivity contribution in [3.05, 3.63) is 70.8 Å². The third-order valence-electron chi connectivity index (χ3n) is 5.04. The summed E-state index contributed by atoms with van der Waals surface area (Å²) in [6, 6.07) is 16.8. The van der Waals surface area contributed by atoms with Crippen molar-refractivity contribution in [3.63, 3.8) is 0 Å². The van der Waals surface area contributed by atoms with Crippen molar-refractivity contribution in [2.24, 2.45) is 0 Å². The number of alkyl halides is 4. The Hall–Kier alpha value is 0.180. The molecule has 0 saturated carbocycles. The highest BCUT2D eigenvalue weighted by Crippen LogP contribution is 2.28. The second-order valence-electron chi connectivity index (χ2n) is 7.48. The number of benzene rings is 2. The van der Waals surface area contributed by atoms with E-state index in [4.69, 9.17) is 46.4 Å². The van der Waals surface area contributed by atoms with E-state index in [1.807, 2.05) is 0 Å². The van der Waals surface area contributed by atoms with Crippen LogP contribution in [0.1, 0.15) is 73.6 Å². The zero-order valence-corrected chi connectivity index (χ0v) is 22.7. The van der Waals surface area contributed by atoms with Gasteiger partial charge in [0.2, 0.25) is 0 Å². The molecule has 0 saturated heterocycles. The molecule has 0 bridgehead atoms. The minimum Gasteiger partial charge on any atom is -0.147 e. The topological polar surface area (TPSA) is 0 Å². The molecule has 4 atom stereocenters. The van der Waals surface area contributed by atoms with Gasteiger partial charge in [0.1, 0.15) is 0 Å². The summed E-state index contributed by atoms with van der Waals surface area (Å²) in [5.74, 6) is 4.24. The molecule has 0 spiro atoms. The number of hydrogen-bond donors (Lipinski definition) is 0. The van der Waals surface area contributed by atoms with Crippen molar-refractivity contribution in [2.75, 3.05) is 23.5 Å². The Morgan fingerprint density at radius 2 is 0.633 bits per heavy atom. The van der Waals surface area contributed by atoms with E-state index in [0.29, 0.717) is 47.2 Å². The molecule has 0 aliphatic carbocycles. The van der Waals surface area contributed by atoms with Gasteiger partial charge in [-0.2, -0.15) is 0 Å². The highest BCUT2D eigenvalue weighted by Gasteiger charge is 2.14. The Morgan fingerprint density at radius 1 is 0.467 bits per heavy atom. The van der Waals surface area contributed by atoms with Crippen molar-refractivity contribution in [1.82, 2.24) is 0 Å². The van der Waals surface area contributed by atoms with Crippen LogP contribution in [-0.2, 0) is 0 Å².